The molecule has 1 unspecified atom stereocenters. The minimum atomic E-state index is 0.122. The molecule has 100 valence electrons. The van der Waals surface area contributed by atoms with Gasteiger partial charge in [-0.1, -0.05) is 29.3 Å². The van der Waals surface area contributed by atoms with E-state index in [1.165, 1.54) is 5.56 Å². The van der Waals surface area contributed by atoms with Crippen molar-refractivity contribution >= 4 is 17.4 Å². The van der Waals surface area contributed by atoms with Gasteiger partial charge in [0.05, 0.1) is 6.04 Å². The molecule has 0 spiro atoms. The molecular weight excluding hydrogens is 262 g/mol. The Bertz CT molecular complexity index is 513. The molecule has 0 saturated heterocycles. The van der Waals surface area contributed by atoms with Gasteiger partial charge in [-0.15, -0.1) is 10.2 Å². The lowest BCUT2D eigenvalue weighted by Crippen LogP contribution is -2.24. The molecule has 1 atom stereocenters. The Morgan fingerprint density at radius 1 is 1.16 bits per heavy atom. The number of rotatable bonds is 5. The summed E-state index contributed by atoms with van der Waals surface area (Å²) in [7, 11) is 0. The number of aromatic nitrogens is 2. The minimum Gasteiger partial charge on any atom is -0.491 e. The van der Waals surface area contributed by atoms with Crippen LogP contribution in [0, 0.1) is 6.92 Å². The third-order valence-electron chi connectivity index (χ3n) is 2.55. The van der Waals surface area contributed by atoms with Crippen LogP contribution < -0.4 is 10.1 Å². The third-order valence-corrected chi connectivity index (χ3v) is 2.75. The van der Waals surface area contributed by atoms with E-state index in [2.05, 4.69) is 15.5 Å². The zero-order chi connectivity index (χ0) is 13.7. The van der Waals surface area contributed by atoms with Crippen molar-refractivity contribution in [2.24, 2.45) is 0 Å². The van der Waals surface area contributed by atoms with E-state index in [4.69, 9.17) is 16.3 Å². The van der Waals surface area contributed by atoms with Crippen molar-refractivity contribution in [2.45, 2.75) is 19.9 Å². The van der Waals surface area contributed by atoms with Crippen LogP contribution in [-0.4, -0.2) is 22.8 Å². The molecule has 4 nitrogen and oxygen atoms in total. The van der Waals surface area contributed by atoms with E-state index in [1.54, 1.807) is 12.1 Å². The maximum absolute atomic E-state index is 5.68. The summed E-state index contributed by atoms with van der Waals surface area (Å²) in [5.41, 5.74) is 1.22. The van der Waals surface area contributed by atoms with E-state index in [0.717, 1.165) is 5.75 Å². The third kappa shape index (κ3) is 4.41. The Balaban J connectivity index is 1.82. The number of halogens is 1. The van der Waals surface area contributed by atoms with Crippen molar-refractivity contribution in [3.63, 3.8) is 0 Å². The molecule has 0 aliphatic heterocycles. The molecule has 0 saturated carbocycles. The molecule has 1 aromatic carbocycles. The van der Waals surface area contributed by atoms with E-state index in [9.17, 15) is 0 Å². The van der Waals surface area contributed by atoms with Crippen LogP contribution in [0.3, 0.4) is 0 Å². The van der Waals surface area contributed by atoms with Gasteiger partial charge < -0.3 is 10.1 Å². The van der Waals surface area contributed by atoms with E-state index in [-0.39, 0.29) is 6.04 Å². The summed E-state index contributed by atoms with van der Waals surface area (Å²) in [6.45, 7) is 4.62. The number of anilines is 1. The number of aryl methyl sites for hydroxylation is 1. The Morgan fingerprint density at radius 3 is 2.53 bits per heavy atom. The van der Waals surface area contributed by atoms with Crippen LogP contribution in [-0.2, 0) is 0 Å². The fourth-order valence-corrected chi connectivity index (χ4v) is 1.64. The largest absolute Gasteiger partial charge is 0.491 e. The number of ether oxygens (including phenoxy) is 1. The van der Waals surface area contributed by atoms with Crippen LogP contribution >= 0.6 is 11.6 Å². The molecule has 19 heavy (non-hydrogen) atoms. The lowest BCUT2D eigenvalue weighted by Gasteiger charge is -2.15. The van der Waals surface area contributed by atoms with Gasteiger partial charge in [0.25, 0.3) is 0 Å². The lowest BCUT2D eigenvalue weighted by molar-refractivity contribution is 0.303. The average molecular weight is 278 g/mol. The molecule has 2 aromatic rings. The van der Waals surface area contributed by atoms with Crippen molar-refractivity contribution in [1.29, 1.82) is 0 Å². The molecule has 5 heteroatoms. The highest BCUT2D eigenvalue weighted by atomic mass is 35.5. The molecule has 1 heterocycles. The summed E-state index contributed by atoms with van der Waals surface area (Å²) in [5.74, 6) is 1.55. The van der Waals surface area contributed by atoms with Crippen LogP contribution in [0.1, 0.15) is 12.5 Å². The Morgan fingerprint density at radius 2 is 1.89 bits per heavy atom. The molecular formula is C14H16ClN3O. The average Bonchev–Trinajstić information content (AvgIpc) is 2.41. The van der Waals surface area contributed by atoms with E-state index >= 15 is 0 Å². The van der Waals surface area contributed by atoms with Crippen molar-refractivity contribution in [2.75, 3.05) is 11.9 Å². The smallest absolute Gasteiger partial charge is 0.151 e. The molecule has 0 aliphatic carbocycles. The summed E-state index contributed by atoms with van der Waals surface area (Å²) < 4.78 is 5.68. The van der Waals surface area contributed by atoms with Crippen LogP contribution in [0.5, 0.6) is 5.75 Å². The number of nitrogens with one attached hydrogen (secondary N) is 1. The van der Waals surface area contributed by atoms with Gasteiger partial charge in [-0.05, 0) is 38.1 Å². The van der Waals surface area contributed by atoms with Crippen LogP contribution in [0.25, 0.3) is 0 Å². The quantitative estimate of drug-likeness (QED) is 0.911. The Kier molecular flexibility index (Phi) is 4.58. The van der Waals surface area contributed by atoms with Gasteiger partial charge in [0.15, 0.2) is 5.15 Å². The predicted octanol–water partition coefficient (Wildman–Crippen LogP) is 3.32. The standard InChI is InChI=1S/C14H16ClN3O/c1-10-3-5-12(6-4-10)19-9-11(2)16-14-8-7-13(15)17-18-14/h3-8,11H,9H2,1-2H3,(H,16,18). The number of hydrogen-bond acceptors (Lipinski definition) is 4. The van der Waals surface area contributed by atoms with Crippen LogP contribution in [0.2, 0.25) is 5.15 Å². The van der Waals surface area contributed by atoms with Gasteiger partial charge in [-0.2, -0.15) is 0 Å². The van der Waals surface area contributed by atoms with Crippen molar-refractivity contribution in [3.05, 3.63) is 47.1 Å². The zero-order valence-electron chi connectivity index (χ0n) is 10.9. The van der Waals surface area contributed by atoms with Crippen molar-refractivity contribution in [3.8, 4) is 5.75 Å². The molecule has 1 N–H and O–H groups in total. The Labute approximate surface area is 117 Å². The maximum Gasteiger partial charge on any atom is 0.151 e. The highest BCUT2D eigenvalue weighted by molar-refractivity contribution is 6.29. The summed E-state index contributed by atoms with van der Waals surface area (Å²) in [5, 5.41) is 11.3. The van der Waals surface area contributed by atoms with Gasteiger partial charge in [0.1, 0.15) is 18.2 Å². The van der Waals surface area contributed by atoms with Crippen molar-refractivity contribution < 1.29 is 4.74 Å². The van der Waals surface area contributed by atoms with Gasteiger partial charge in [-0.25, -0.2) is 0 Å². The first-order valence-electron chi connectivity index (χ1n) is 6.09. The SMILES string of the molecule is Cc1ccc(OCC(C)Nc2ccc(Cl)nn2)cc1. The summed E-state index contributed by atoms with van der Waals surface area (Å²) in [4.78, 5) is 0. The summed E-state index contributed by atoms with van der Waals surface area (Å²) >= 11 is 5.68. The predicted molar refractivity (Wildman–Crippen MR) is 76.8 cm³/mol. The topological polar surface area (TPSA) is 47.0 Å². The summed E-state index contributed by atoms with van der Waals surface area (Å²) in [6, 6.07) is 11.6. The van der Waals surface area contributed by atoms with Crippen LogP contribution in [0.4, 0.5) is 5.82 Å². The molecule has 1 aromatic heterocycles. The molecule has 2 rings (SSSR count). The summed E-state index contributed by atoms with van der Waals surface area (Å²) in [6.07, 6.45) is 0. The van der Waals surface area contributed by atoms with Crippen LogP contribution in [0.15, 0.2) is 36.4 Å². The lowest BCUT2D eigenvalue weighted by atomic mass is 10.2. The maximum atomic E-state index is 5.68. The number of benzene rings is 1. The molecule has 0 bridgehead atoms. The second-order valence-corrected chi connectivity index (χ2v) is 4.80. The minimum absolute atomic E-state index is 0.122. The van der Waals surface area contributed by atoms with Gasteiger partial charge in [0, 0.05) is 0 Å². The second-order valence-electron chi connectivity index (χ2n) is 4.41. The highest BCUT2D eigenvalue weighted by Crippen LogP contribution is 2.12. The van der Waals surface area contributed by atoms with E-state index in [0.29, 0.717) is 17.6 Å². The fourth-order valence-electron chi connectivity index (χ4n) is 1.54. The highest BCUT2D eigenvalue weighted by Gasteiger charge is 2.04. The first-order valence-corrected chi connectivity index (χ1v) is 6.46. The Hall–Kier alpha value is -1.81. The molecule has 0 amide bonds. The van der Waals surface area contributed by atoms with Gasteiger partial charge >= 0.3 is 0 Å². The number of hydrogen-bond donors (Lipinski definition) is 1. The van der Waals surface area contributed by atoms with E-state index in [1.807, 2.05) is 38.1 Å². The molecule has 0 fully saturated rings. The fraction of sp³-hybridized carbons (Fsp3) is 0.286. The van der Waals surface area contributed by atoms with E-state index < -0.39 is 0 Å². The zero-order valence-corrected chi connectivity index (χ0v) is 11.7. The normalized spacial score (nSPS) is 11.9. The molecule has 0 aliphatic rings. The monoisotopic (exact) mass is 277 g/mol. The van der Waals surface area contributed by atoms with Gasteiger partial charge in [0.2, 0.25) is 0 Å². The first-order chi connectivity index (χ1) is 9.13. The van der Waals surface area contributed by atoms with Crippen molar-refractivity contribution in [1.82, 2.24) is 10.2 Å². The first kappa shape index (κ1) is 13.6. The van der Waals surface area contributed by atoms with Gasteiger partial charge in [-0.3, -0.25) is 0 Å². The number of nitrogens with zero attached hydrogens (tertiary/aromatic N) is 2. The molecule has 0 radical (unpaired) electrons. The second kappa shape index (κ2) is 6.38.